The number of rotatable bonds is 3. The van der Waals surface area contributed by atoms with Gasteiger partial charge in [0.25, 0.3) is 0 Å². The van der Waals surface area contributed by atoms with E-state index in [1.54, 1.807) is 7.11 Å². The number of aliphatic hydroxyl groups is 1. The second kappa shape index (κ2) is 3.45. The normalized spacial score (nSPS) is 26.6. The van der Waals surface area contributed by atoms with Crippen molar-refractivity contribution in [2.75, 3.05) is 13.7 Å². The van der Waals surface area contributed by atoms with E-state index in [9.17, 15) is 5.11 Å². The summed E-state index contributed by atoms with van der Waals surface area (Å²) in [5, 5.41) is 9.64. The van der Waals surface area contributed by atoms with Crippen molar-refractivity contribution in [1.29, 1.82) is 0 Å². The van der Waals surface area contributed by atoms with Gasteiger partial charge in [0.15, 0.2) is 0 Å². The van der Waals surface area contributed by atoms with E-state index in [1.165, 1.54) is 0 Å². The summed E-state index contributed by atoms with van der Waals surface area (Å²) in [4.78, 5) is 4.27. The van der Waals surface area contributed by atoms with Gasteiger partial charge in [-0.3, -0.25) is 0 Å². The summed E-state index contributed by atoms with van der Waals surface area (Å²) in [5.41, 5.74) is 2.14. The third-order valence-electron chi connectivity index (χ3n) is 3.88. The molecule has 0 radical (unpaired) electrons. The molecular weight excluding hydrogens is 202 g/mol. The van der Waals surface area contributed by atoms with Crippen LogP contribution in [0.3, 0.4) is 0 Å². The van der Waals surface area contributed by atoms with Crippen molar-refractivity contribution in [2.24, 2.45) is 5.41 Å². The molecule has 0 aliphatic heterocycles. The molecule has 0 bridgehead atoms. The van der Waals surface area contributed by atoms with Crippen molar-refractivity contribution >= 4 is 0 Å². The largest absolute Gasteiger partial charge is 0.481 e. The summed E-state index contributed by atoms with van der Waals surface area (Å²) in [5.74, 6) is 0.630. The van der Waals surface area contributed by atoms with Gasteiger partial charge in [0.2, 0.25) is 5.88 Å². The first-order chi connectivity index (χ1) is 7.45. The fourth-order valence-corrected chi connectivity index (χ4v) is 2.58. The van der Waals surface area contributed by atoms with E-state index in [0.29, 0.717) is 5.88 Å². The summed E-state index contributed by atoms with van der Waals surface area (Å²) in [6, 6.07) is 3.99. The molecule has 0 spiro atoms. The second-order valence-electron chi connectivity index (χ2n) is 5.34. The minimum atomic E-state index is -0.103. The van der Waals surface area contributed by atoms with E-state index < -0.39 is 0 Å². The van der Waals surface area contributed by atoms with Crippen molar-refractivity contribution in [3.63, 3.8) is 0 Å². The second-order valence-corrected chi connectivity index (χ2v) is 5.34. The lowest BCUT2D eigenvalue weighted by Crippen LogP contribution is -2.19. The zero-order chi connectivity index (χ0) is 12.0. The smallest absolute Gasteiger partial charge is 0.213 e. The molecule has 1 heterocycles. The minimum absolute atomic E-state index is 0.103. The molecule has 1 fully saturated rings. The highest BCUT2D eigenvalue weighted by molar-refractivity contribution is 5.40. The van der Waals surface area contributed by atoms with Crippen LogP contribution in [0.5, 0.6) is 5.88 Å². The lowest BCUT2D eigenvalue weighted by Gasteiger charge is -2.19. The summed E-state index contributed by atoms with van der Waals surface area (Å²) in [7, 11) is 1.62. The summed E-state index contributed by atoms with van der Waals surface area (Å²) in [6.07, 6.45) is 1.02. The fourth-order valence-electron chi connectivity index (χ4n) is 2.58. The van der Waals surface area contributed by atoms with Crippen LogP contribution < -0.4 is 4.74 Å². The maximum atomic E-state index is 9.64. The van der Waals surface area contributed by atoms with E-state index in [0.717, 1.165) is 17.7 Å². The topological polar surface area (TPSA) is 42.4 Å². The van der Waals surface area contributed by atoms with E-state index in [-0.39, 0.29) is 17.4 Å². The molecule has 2 rings (SSSR count). The summed E-state index contributed by atoms with van der Waals surface area (Å²) in [6.45, 7) is 6.51. The molecule has 1 N–H and O–H groups in total. The van der Waals surface area contributed by atoms with Gasteiger partial charge in [0.05, 0.1) is 13.7 Å². The quantitative estimate of drug-likeness (QED) is 0.849. The van der Waals surface area contributed by atoms with E-state index in [1.807, 2.05) is 19.1 Å². The van der Waals surface area contributed by atoms with Gasteiger partial charge in [-0.15, -0.1) is 0 Å². The van der Waals surface area contributed by atoms with Crippen LogP contribution in [-0.4, -0.2) is 23.8 Å². The van der Waals surface area contributed by atoms with E-state index in [2.05, 4.69) is 18.8 Å². The number of methoxy groups -OCH3 is 1. The number of hydrogen-bond donors (Lipinski definition) is 1. The number of hydrogen-bond acceptors (Lipinski definition) is 3. The zero-order valence-electron chi connectivity index (χ0n) is 10.4. The van der Waals surface area contributed by atoms with Gasteiger partial charge in [-0.2, -0.15) is 0 Å². The number of pyridine rings is 1. The number of aromatic nitrogens is 1. The molecule has 88 valence electrons. The van der Waals surface area contributed by atoms with Crippen LogP contribution in [0, 0.1) is 12.3 Å². The third-order valence-corrected chi connectivity index (χ3v) is 3.88. The Labute approximate surface area is 96.5 Å². The summed E-state index contributed by atoms with van der Waals surface area (Å²) < 4.78 is 5.18. The predicted molar refractivity (Wildman–Crippen MR) is 62.7 cm³/mol. The Kier molecular flexibility index (Phi) is 2.46. The highest BCUT2D eigenvalue weighted by atomic mass is 16.5. The van der Waals surface area contributed by atoms with Gasteiger partial charge in [-0.1, -0.05) is 13.8 Å². The SMILES string of the molecule is COc1cc(C2(CO)CC2(C)C)cc(C)n1. The van der Waals surface area contributed by atoms with Crippen molar-refractivity contribution in [2.45, 2.75) is 32.6 Å². The molecule has 0 saturated heterocycles. The fraction of sp³-hybridized carbons (Fsp3) is 0.615. The van der Waals surface area contributed by atoms with Crippen molar-refractivity contribution < 1.29 is 9.84 Å². The number of aryl methyl sites for hydroxylation is 1. The van der Waals surface area contributed by atoms with Crippen molar-refractivity contribution in [3.05, 3.63) is 23.4 Å². The van der Waals surface area contributed by atoms with Crippen LogP contribution in [0.1, 0.15) is 31.5 Å². The first-order valence-electron chi connectivity index (χ1n) is 5.59. The molecule has 1 aromatic rings. The molecule has 1 aliphatic carbocycles. The van der Waals surface area contributed by atoms with E-state index >= 15 is 0 Å². The molecule has 1 aromatic heterocycles. The van der Waals surface area contributed by atoms with Gasteiger partial charge < -0.3 is 9.84 Å². The molecule has 3 heteroatoms. The first-order valence-corrected chi connectivity index (χ1v) is 5.59. The van der Waals surface area contributed by atoms with Crippen LogP contribution in [0.25, 0.3) is 0 Å². The highest BCUT2D eigenvalue weighted by Gasteiger charge is 2.61. The first kappa shape index (κ1) is 11.4. The lowest BCUT2D eigenvalue weighted by atomic mass is 9.89. The highest BCUT2D eigenvalue weighted by Crippen LogP contribution is 2.64. The molecule has 1 aliphatic rings. The van der Waals surface area contributed by atoms with Crippen LogP contribution in [0.2, 0.25) is 0 Å². The Balaban J connectivity index is 2.45. The molecule has 1 atom stereocenters. The number of ether oxygens (including phenoxy) is 1. The molecular formula is C13H19NO2. The van der Waals surface area contributed by atoms with Crippen LogP contribution in [0.15, 0.2) is 12.1 Å². The molecule has 16 heavy (non-hydrogen) atoms. The zero-order valence-corrected chi connectivity index (χ0v) is 10.4. The Hall–Kier alpha value is -1.09. The Morgan fingerprint density at radius 3 is 2.50 bits per heavy atom. The molecule has 1 saturated carbocycles. The third kappa shape index (κ3) is 1.50. The summed E-state index contributed by atoms with van der Waals surface area (Å²) >= 11 is 0. The standard InChI is InChI=1S/C13H19NO2/c1-9-5-10(6-11(14-9)16-4)13(8-15)7-12(13,2)3/h5-6,15H,7-8H2,1-4H3. The van der Waals surface area contributed by atoms with Gasteiger partial charge in [-0.25, -0.2) is 4.98 Å². The predicted octanol–water partition coefficient (Wildman–Crippen LogP) is 2.06. The molecule has 0 amide bonds. The molecule has 3 nitrogen and oxygen atoms in total. The maximum Gasteiger partial charge on any atom is 0.213 e. The Bertz CT molecular complexity index is 414. The average molecular weight is 221 g/mol. The maximum absolute atomic E-state index is 9.64. The number of nitrogens with zero attached hydrogens (tertiary/aromatic N) is 1. The van der Waals surface area contributed by atoms with E-state index in [4.69, 9.17) is 4.74 Å². The van der Waals surface area contributed by atoms with Crippen LogP contribution >= 0.6 is 0 Å². The molecule has 1 unspecified atom stereocenters. The van der Waals surface area contributed by atoms with Gasteiger partial charge in [0.1, 0.15) is 0 Å². The van der Waals surface area contributed by atoms with Crippen LogP contribution in [0.4, 0.5) is 0 Å². The lowest BCUT2D eigenvalue weighted by molar-refractivity contribution is 0.231. The van der Waals surface area contributed by atoms with Gasteiger partial charge in [-0.05, 0) is 30.4 Å². The Morgan fingerprint density at radius 1 is 1.44 bits per heavy atom. The molecule has 0 aromatic carbocycles. The van der Waals surface area contributed by atoms with Crippen molar-refractivity contribution in [3.8, 4) is 5.88 Å². The Morgan fingerprint density at radius 2 is 2.06 bits per heavy atom. The van der Waals surface area contributed by atoms with Crippen LogP contribution in [-0.2, 0) is 5.41 Å². The van der Waals surface area contributed by atoms with Crippen molar-refractivity contribution in [1.82, 2.24) is 4.98 Å². The number of aliphatic hydroxyl groups excluding tert-OH is 1. The van der Waals surface area contributed by atoms with Gasteiger partial charge >= 0.3 is 0 Å². The average Bonchev–Trinajstić information content (AvgIpc) is 2.81. The van der Waals surface area contributed by atoms with Gasteiger partial charge in [0, 0.05) is 17.2 Å². The minimum Gasteiger partial charge on any atom is -0.481 e. The monoisotopic (exact) mass is 221 g/mol.